The second-order valence-corrected chi connectivity index (χ2v) is 8.99. The number of nitrogens with two attached hydrogens (primary N) is 1. The van der Waals surface area contributed by atoms with Crippen LogP contribution in [0.1, 0.15) is 21.6 Å². The number of hydrogen-bond acceptors (Lipinski definition) is 8. The number of Topliss-reactive ketones (excluding diaryl/α,β-unsaturated/α-hetero) is 1. The summed E-state index contributed by atoms with van der Waals surface area (Å²) in [6.07, 6.45) is 8.97. The summed E-state index contributed by atoms with van der Waals surface area (Å²) < 4.78 is 6.96. The van der Waals surface area contributed by atoms with Gasteiger partial charge in [0.25, 0.3) is 0 Å². The summed E-state index contributed by atoms with van der Waals surface area (Å²) in [5, 5.41) is 13.0. The highest BCUT2D eigenvalue weighted by atomic mass is 16.5. The Labute approximate surface area is 209 Å². The van der Waals surface area contributed by atoms with Crippen molar-refractivity contribution in [1.82, 2.24) is 24.4 Å². The normalized spacial score (nSPS) is 17.5. The molecule has 3 N–H and O–H groups in total. The highest BCUT2D eigenvalue weighted by Crippen LogP contribution is 2.31. The van der Waals surface area contributed by atoms with E-state index in [4.69, 9.17) is 15.9 Å². The minimum absolute atomic E-state index is 0.0464. The van der Waals surface area contributed by atoms with Crippen LogP contribution in [0.25, 0.3) is 11.1 Å². The summed E-state index contributed by atoms with van der Waals surface area (Å²) in [6.45, 7) is 3.71. The van der Waals surface area contributed by atoms with E-state index in [2.05, 4.69) is 32.0 Å². The van der Waals surface area contributed by atoms with Crippen LogP contribution in [0.3, 0.4) is 0 Å². The van der Waals surface area contributed by atoms with E-state index in [0.29, 0.717) is 30.1 Å². The molecule has 184 valence electrons. The van der Waals surface area contributed by atoms with E-state index in [1.807, 2.05) is 49.7 Å². The van der Waals surface area contributed by atoms with E-state index in [1.54, 1.807) is 10.6 Å². The van der Waals surface area contributed by atoms with Gasteiger partial charge in [-0.25, -0.2) is 9.50 Å². The number of carbonyl (C=O) groups is 1. The van der Waals surface area contributed by atoms with Crippen molar-refractivity contribution in [3.05, 3.63) is 89.5 Å². The number of benzene rings is 1. The van der Waals surface area contributed by atoms with Gasteiger partial charge in [-0.1, -0.05) is 42.5 Å². The molecule has 9 nitrogen and oxygen atoms in total. The lowest BCUT2D eigenvalue weighted by Crippen LogP contribution is -2.39. The molecular weight excluding hydrogens is 454 g/mol. The molecule has 2 aliphatic rings. The number of hydrogen-bond donors (Lipinski definition) is 2. The maximum absolute atomic E-state index is 13.2. The number of morpholine rings is 1. The highest BCUT2D eigenvalue weighted by Gasteiger charge is 2.23. The van der Waals surface area contributed by atoms with Crippen molar-refractivity contribution in [3.8, 4) is 0 Å². The molecule has 1 aromatic carbocycles. The molecule has 1 fully saturated rings. The van der Waals surface area contributed by atoms with Gasteiger partial charge in [0.2, 0.25) is 0 Å². The molecule has 1 saturated heterocycles. The summed E-state index contributed by atoms with van der Waals surface area (Å²) in [5.41, 5.74) is 11.1. The molecule has 3 aromatic rings. The molecule has 0 spiro atoms. The minimum Gasteiger partial charge on any atom is -0.382 e. The number of fused-ring (bicyclic) bond motifs is 1. The van der Waals surface area contributed by atoms with E-state index in [9.17, 15) is 4.79 Å². The third-order valence-electron chi connectivity index (χ3n) is 6.34. The highest BCUT2D eigenvalue weighted by molar-refractivity contribution is 6.16. The van der Waals surface area contributed by atoms with Crippen molar-refractivity contribution < 1.29 is 9.53 Å². The number of ether oxygens (including phenoxy) is 1. The number of ketones is 1. The van der Waals surface area contributed by atoms with E-state index in [1.165, 1.54) is 11.9 Å². The Morgan fingerprint density at radius 2 is 2.00 bits per heavy atom. The van der Waals surface area contributed by atoms with Gasteiger partial charge in [-0.2, -0.15) is 5.10 Å². The van der Waals surface area contributed by atoms with Crippen LogP contribution in [0.5, 0.6) is 0 Å². The molecule has 3 heterocycles. The van der Waals surface area contributed by atoms with Crippen molar-refractivity contribution in [3.63, 3.8) is 0 Å². The molecule has 1 aliphatic heterocycles. The third kappa shape index (κ3) is 4.98. The topological polar surface area (TPSA) is 113 Å². The number of nitrogens with one attached hydrogen (secondary N) is 1. The van der Waals surface area contributed by atoms with Gasteiger partial charge in [0, 0.05) is 44.0 Å². The zero-order chi connectivity index (χ0) is 25.1. The van der Waals surface area contributed by atoms with Crippen LogP contribution in [0.15, 0.2) is 72.7 Å². The van der Waals surface area contributed by atoms with Gasteiger partial charge in [-0.3, -0.25) is 9.69 Å². The summed E-state index contributed by atoms with van der Waals surface area (Å²) in [6, 6.07) is 12.0. The molecule has 36 heavy (non-hydrogen) atoms. The van der Waals surface area contributed by atoms with E-state index in [-0.39, 0.29) is 18.1 Å². The molecular formula is C27H29N7O2. The van der Waals surface area contributed by atoms with Crippen molar-refractivity contribution >= 4 is 28.4 Å². The fourth-order valence-electron chi connectivity index (χ4n) is 4.52. The molecule has 0 unspecified atom stereocenters. The number of rotatable bonds is 7. The maximum atomic E-state index is 13.2. The van der Waals surface area contributed by atoms with Gasteiger partial charge in [-0.15, -0.1) is 0 Å². The lowest BCUT2D eigenvalue weighted by atomic mass is 9.96. The van der Waals surface area contributed by atoms with Gasteiger partial charge in [0.15, 0.2) is 11.6 Å². The van der Waals surface area contributed by atoms with Crippen molar-refractivity contribution in [2.75, 3.05) is 45.6 Å². The average Bonchev–Trinajstić information content (AvgIpc) is 3.28. The summed E-state index contributed by atoms with van der Waals surface area (Å²) in [7, 11) is 1.99. The Kier molecular flexibility index (Phi) is 6.75. The zero-order valence-corrected chi connectivity index (χ0v) is 20.2. The van der Waals surface area contributed by atoms with Crippen molar-refractivity contribution in [2.45, 2.75) is 6.54 Å². The minimum atomic E-state index is -0.0464. The van der Waals surface area contributed by atoms with Crippen LogP contribution in [0.2, 0.25) is 0 Å². The van der Waals surface area contributed by atoms with Crippen LogP contribution in [0.4, 0.5) is 5.82 Å². The maximum Gasteiger partial charge on any atom is 0.195 e. The second-order valence-electron chi connectivity index (χ2n) is 8.99. The van der Waals surface area contributed by atoms with E-state index in [0.717, 1.165) is 36.3 Å². The molecule has 0 atom stereocenters. The summed E-state index contributed by atoms with van der Waals surface area (Å²) in [5.74, 6) is 0.241. The molecule has 2 aromatic heterocycles. The summed E-state index contributed by atoms with van der Waals surface area (Å²) in [4.78, 5) is 21.5. The van der Waals surface area contributed by atoms with Gasteiger partial charge < -0.3 is 20.8 Å². The van der Waals surface area contributed by atoms with Crippen LogP contribution >= 0.6 is 0 Å². The van der Waals surface area contributed by atoms with Crippen LogP contribution in [-0.4, -0.2) is 75.8 Å². The number of nitrogens with zero attached hydrogens (tertiary/aromatic N) is 5. The standard InChI is InChI=1S/C27H29N7O2/c1-32(15-19-5-3-2-4-6-19)16-21-8-7-20(13-23(21)28)22-14-24(34-26(22)27(29)30-18-31-34)25(35)17-33-9-11-36-12-10-33/h2-8,13-14,16,18,28H,9-12,15,17H2,1H3,(H2,29,30,31)/b21-16-,28-23?. The number of nitrogen functional groups attached to an aromatic ring is 1. The van der Waals surface area contributed by atoms with Gasteiger partial charge in [0.1, 0.15) is 17.5 Å². The first-order chi connectivity index (χ1) is 17.5. The molecule has 5 rings (SSSR count). The SMILES string of the molecule is CN(/C=C1/C=CC(c2cc(C(=O)CN3CCOCC3)n3ncnc(N)c23)=CC1=N)Cc1ccccc1. The smallest absolute Gasteiger partial charge is 0.195 e. The van der Waals surface area contributed by atoms with E-state index >= 15 is 0 Å². The Morgan fingerprint density at radius 3 is 2.75 bits per heavy atom. The zero-order valence-electron chi connectivity index (χ0n) is 20.2. The van der Waals surface area contributed by atoms with Crippen LogP contribution < -0.4 is 5.73 Å². The van der Waals surface area contributed by atoms with Gasteiger partial charge in [-0.05, 0) is 23.3 Å². The first kappa shape index (κ1) is 23.7. The predicted molar refractivity (Wildman–Crippen MR) is 140 cm³/mol. The molecule has 0 bridgehead atoms. The van der Waals surface area contributed by atoms with Crippen molar-refractivity contribution in [1.29, 1.82) is 5.41 Å². The first-order valence-electron chi connectivity index (χ1n) is 11.9. The fraction of sp³-hybridized carbons (Fsp3) is 0.259. The van der Waals surface area contributed by atoms with Crippen LogP contribution in [0, 0.1) is 5.41 Å². The number of allylic oxidation sites excluding steroid dienone is 5. The Hall–Kier alpha value is -4.08. The number of aromatic nitrogens is 3. The largest absolute Gasteiger partial charge is 0.382 e. The number of carbonyl (C=O) groups excluding carboxylic acids is 1. The quantitative estimate of drug-likeness (QED) is 0.497. The molecule has 0 saturated carbocycles. The third-order valence-corrected chi connectivity index (χ3v) is 6.34. The first-order valence-corrected chi connectivity index (χ1v) is 11.9. The monoisotopic (exact) mass is 483 g/mol. The Bertz CT molecular complexity index is 1380. The lowest BCUT2D eigenvalue weighted by molar-refractivity contribution is 0.0369. The molecule has 1 aliphatic carbocycles. The molecule has 0 radical (unpaired) electrons. The van der Waals surface area contributed by atoms with Gasteiger partial charge in [0.05, 0.1) is 25.5 Å². The predicted octanol–water partition coefficient (Wildman–Crippen LogP) is 2.82. The number of anilines is 1. The molecule has 0 amide bonds. The van der Waals surface area contributed by atoms with E-state index < -0.39 is 0 Å². The van der Waals surface area contributed by atoms with Crippen LogP contribution in [-0.2, 0) is 11.3 Å². The Morgan fingerprint density at radius 1 is 1.22 bits per heavy atom. The average molecular weight is 484 g/mol. The fourth-order valence-corrected chi connectivity index (χ4v) is 4.52. The molecule has 9 heteroatoms. The lowest BCUT2D eigenvalue weighted by Gasteiger charge is -2.25. The Balaban J connectivity index is 1.41. The van der Waals surface area contributed by atoms with Gasteiger partial charge >= 0.3 is 0 Å². The second kappa shape index (κ2) is 10.3. The van der Waals surface area contributed by atoms with Crippen molar-refractivity contribution in [2.24, 2.45) is 0 Å². The summed E-state index contributed by atoms with van der Waals surface area (Å²) >= 11 is 0.